The van der Waals surface area contributed by atoms with E-state index in [-0.39, 0.29) is 12.4 Å². The zero-order valence-electron chi connectivity index (χ0n) is 11.2. The van der Waals surface area contributed by atoms with Gasteiger partial charge in [0.15, 0.2) is 0 Å². The second-order valence-corrected chi connectivity index (χ2v) is 4.76. The molecule has 0 bridgehead atoms. The molecule has 19 heavy (non-hydrogen) atoms. The lowest BCUT2D eigenvalue weighted by Crippen LogP contribution is -2.20. The van der Waals surface area contributed by atoms with Crippen molar-refractivity contribution in [3.8, 4) is 5.75 Å². The highest BCUT2D eigenvalue weighted by atomic mass is 19.1. The lowest BCUT2D eigenvalue weighted by Gasteiger charge is -2.15. The predicted molar refractivity (Wildman–Crippen MR) is 74.7 cm³/mol. The van der Waals surface area contributed by atoms with Crippen LogP contribution in [0.25, 0.3) is 0 Å². The standard InChI is InChI=1S/C16H18FNO/c1-11-7-12(2)9-13(8-11)19-10-16(18)14-5-3-4-6-15(14)17/h3-9,16H,10,18H2,1-2H3. The van der Waals surface area contributed by atoms with Crippen LogP contribution in [0.2, 0.25) is 0 Å². The van der Waals surface area contributed by atoms with Crippen LogP contribution in [-0.2, 0) is 0 Å². The summed E-state index contributed by atoms with van der Waals surface area (Å²) in [6.45, 7) is 4.27. The van der Waals surface area contributed by atoms with E-state index < -0.39 is 6.04 Å². The van der Waals surface area contributed by atoms with Crippen LogP contribution in [0, 0.1) is 19.7 Å². The van der Waals surface area contributed by atoms with E-state index in [1.807, 2.05) is 26.0 Å². The monoisotopic (exact) mass is 259 g/mol. The highest BCUT2D eigenvalue weighted by Gasteiger charge is 2.11. The minimum Gasteiger partial charge on any atom is -0.492 e. The Bertz CT molecular complexity index is 548. The van der Waals surface area contributed by atoms with E-state index in [0.717, 1.165) is 16.9 Å². The minimum atomic E-state index is -0.470. The molecule has 0 spiro atoms. The molecule has 2 N–H and O–H groups in total. The smallest absolute Gasteiger partial charge is 0.128 e. The van der Waals surface area contributed by atoms with E-state index >= 15 is 0 Å². The number of hydrogen-bond donors (Lipinski definition) is 1. The first kappa shape index (κ1) is 13.6. The summed E-state index contributed by atoms with van der Waals surface area (Å²) in [5, 5.41) is 0. The molecule has 0 radical (unpaired) electrons. The molecule has 3 heteroatoms. The Hall–Kier alpha value is -1.87. The molecule has 0 aromatic heterocycles. The molecule has 0 fully saturated rings. The van der Waals surface area contributed by atoms with Crippen LogP contribution in [0.3, 0.4) is 0 Å². The van der Waals surface area contributed by atoms with Crippen LogP contribution in [0.1, 0.15) is 22.7 Å². The maximum atomic E-state index is 13.6. The molecule has 0 heterocycles. The van der Waals surface area contributed by atoms with Gasteiger partial charge in [-0.3, -0.25) is 0 Å². The summed E-state index contributed by atoms with van der Waals surface area (Å²) in [4.78, 5) is 0. The van der Waals surface area contributed by atoms with Gasteiger partial charge in [0.25, 0.3) is 0 Å². The van der Waals surface area contributed by atoms with Crippen molar-refractivity contribution in [2.75, 3.05) is 6.61 Å². The zero-order chi connectivity index (χ0) is 13.8. The molecular formula is C16H18FNO. The first-order valence-electron chi connectivity index (χ1n) is 6.27. The van der Waals surface area contributed by atoms with Crippen molar-refractivity contribution in [2.24, 2.45) is 5.73 Å². The molecule has 0 aliphatic heterocycles. The van der Waals surface area contributed by atoms with Gasteiger partial charge in [-0.15, -0.1) is 0 Å². The summed E-state index contributed by atoms with van der Waals surface area (Å²) in [7, 11) is 0. The fourth-order valence-electron chi connectivity index (χ4n) is 2.07. The minimum absolute atomic E-state index is 0.254. The first-order valence-corrected chi connectivity index (χ1v) is 6.27. The zero-order valence-corrected chi connectivity index (χ0v) is 11.2. The van der Waals surface area contributed by atoms with Crippen molar-refractivity contribution in [1.29, 1.82) is 0 Å². The Labute approximate surface area is 113 Å². The van der Waals surface area contributed by atoms with E-state index in [1.54, 1.807) is 18.2 Å². The summed E-state index contributed by atoms with van der Waals surface area (Å²) >= 11 is 0. The number of ether oxygens (including phenoxy) is 1. The van der Waals surface area contributed by atoms with Crippen molar-refractivity contribution in [3.05, 3.63) is 65.0 Å². The topological polar surface area (TPSA) is 35.2 Å². The van der Waals surface area contributed by atoms with Gasteiger partial charge in [0.1, 0.15) is 18.2 Å². The molecule has 0 aliphatic rings. The largest absolute Gasteiger partial charge is 0.492 e. The van der Waals surface area contributed by atoms with Crippen LogP contribution in [-0.4, -0.2) is 6.61 Å². The summed E-state index contributed by atoms with van der Waals surface area (Å²) in [5.41, 5.74) is 8.70. The predicted octanol–water partition coefficient (Wildman–Crippen LogP) is 3.52. The van der Waals surface area contributed by atoms with Gasteiger partial charge in [-0.2, -0.15) is 0 Å². The molecule has 0 amide bonds. The third kappa shape index (κ3) is 3.55. The van der Waals surface area contributed by atoms with Crippen LogP contribution in [0.5, 0.6) is 5.75 Å². The molecule has 2 nitrogen and oxygen atoms in total. The van der Waals surface area contributed by atoms with Gasteiger partial charge in [-0.05, 0) is 43.2 Å². The Morgan fingerprint density at radius 1 is 1.11 bits per heavy atom. The molecule has 2 aromatic rings. The van der Waals surface area contributed by atoms with E-state index in [0.29, 0.717) is 5.56 Å². The maximum Gasteiger partial charge on any atom is 0.128 e. The van der Waals surface area contributed by atoms with Crippen molar-refractivity contribution < 1.29 is 9.13 Å². The molecule has 0 saturated carbocycles. The third-order valence-corrected chi connectivity index (χ3v) is 2.93. The number of nitrogens with two attached hydrogens (primary N) is 1. The molecule has 100 valence electrons. The fourth-order valence-corrected chi connectivity index (χ4v) is 2.07. The number of hydrogen-bond acceptors (Lipinski definition) is 2. The first-order chi connectivity index (χ1) is 9.06. The fraction of sp³-hybridized carbons (Fsp3) is 0.250. The molecule has 1 unspecified atom stereocenters. The van der Waals surface area contributed by atoms with E-state index in [1.165, 1.54) is 6.07 Å². The number of benzene rings is 2. The highest BCUT2D eigenvalue weighted by molar-refractivity contribution is 5.33. The van der Waals surface area contributed by atoms with Gasteiger partial charge < -0.3 is 10.5 Å². The summed E-state index contributed by atoms with van der Waals surface area (Å²) < 4.78 is 19.2. The summed E-state index contributed by atoms with van der Waals surface area (Å²) in [6.07, 6.45) is 0. The van der Waals surface area contributed by atoms with Gasteiger partial charge in [0, 0.05) is 5.56 Å². The lowest BCUT2D eigenvalue weighted by atomic mass is 10.1. The van der Waals surface area contributed by atoms with Crippen molar-refractivity contribution >= 4 is 0 Å². The third-order valence-electron chi connectivity index (χ3n) is 2.93. The molecule has 0 saturated heterocycles. The van der Waals surface area contributed by atoms with Crippen LogP contribution in [0.4, 0.5) is 4.39 Å². The Morgan fingerprint density at radius 3 is 2.37 bits per heavy atom. The average molecular weight is 259 g/mol. The Morgan fingerprint density at radius 2 is 1.74 bits per heavy atom. The molecule has 2 aromatic carbocycles. The molecular weight excluding hydrogens is 241 g/mol. The lowest BCUT2D eigenvalue weighted by molar-refractivity contribution is 0.287. The number of rotatable bonds is 4. The van der Waals surface area contributed by atoms with Crippen molar-refractivity contribution in [1.82, 2.24) is 0 Å². The SMILES string of the molecule is Cc1cc(C)cc(OCC(N)c2ccccc2F)c1. The van der Waals surface area contributed by atoms with Gasteiger partial charge in [0.2, 0.25) is 0 Å². The van der Waals surface area contributed by atoms with Crippen LogP contribution >= 0.6 is 0 Å². The molecule has 1 atom stereocenters. The van der Waals surface area contributed by atoms with Crippen molar-refractivity contribution in [3.63, 3.8) is 0 Å². The average Bonchev–Trinajstić information content (AvgIpc) is 2.35. The van der Waals surface area contributed by atoms with Gasteiger partial charge >= 0.3 is 0 Å². The Balaban J connectivity index is 2.04. The highest BCUT2D eigenvalue weighted by Crippen LogP contribution is 2.19. The van der Waals surface area contributed by atoms with Gasteiger partial charge in [-0.25, -0.2) is 4.39 Å². The van der Waals surface area contributed by atoms with E-state index in [2.05, 4.69) is 6.07 Å². The quantitative estimate of drug-likeness (QED) is 0.911. The number of aryl methyl sites for hydroxylation is 2. The van der Waals surface area contributed by atoms with Crippen molar-refractivity contribution in [2.45, 2.75) is 19.9 Å². The van der Waals surface area contributed by atoms with Gasteiger partial charge in [0.05, 0.1) is 6.04 Å². The van der Waals surface area contributed by atoms with E-state index in [4.69, 9.17) is 10.5 Å². The summed E-state index contributed by atoms with van der Waals surface area (Å²) in [6, 6.07) is 12.0. The van der Waals surface area contributed by atoms with Crippen LogP contribution in [0.15, 0.2) is 42.5 Å². The Kier molecular flexibility index (Phi) is 4.17. The summed E-state index contributed by atoms with van der Waals surface area (Å²) in [5.74, 6) is 0.475. The van der Waals surface area contributed by atoms with Crippen LogP contribution < -0.4 is 10.5 Å². The second-order valence-electron chi connectivity index (χ2n) is 4.76. The van der Waals surface area contributed by atoms with E-state index in [9.17, 15) is 4.39 Å². The maximum absolute atomic E-state index is 13.6. The van der Waals surface area contributed by atoms with Gasteiger partial charge in [-0.1, -0.05) is 24.3 Å². The molecule has 2 rings (SSSR count). The number of halogens is 1. The molecule has 0 aliphatic carbocycles. The second kappa shape index (κ2) is 5.85. The normalized spacial score (nSPS) is 12.2.